The van der Waals surface area contributed by atoms with E-state index in [4.69, 9.17) is 18.0 Å². The van der Waals surface area contributed by atoms with Crippen molar-refractivity contribution >= 4 is 29.1 Å². The van der Waals surface area contributed by atoms with Crippen molar-refractivity contribution in [1.82, 2.24) is 4.90 Å². The van der Waals surface area contributed by atoms with Gasteiger partial charge in [0.25, 0.3) is 0 Å². The number of hydrogen-bond acceptors (Lipinski definition) is 4. The smallest absolute Gasteiger partial charge is 0.310 e. The summed E-state index contributed by atoms with van der Waals surface area (Å²) in [7, 11) is 2.96. The third-order valence-corrected chi connectivity index (χ3v) is 3.02. The van der Waals surface area contributed by atoms with E-state index in [-0.39, 0.29) is 35.2 Å². The lowest BCUT2D eigenvalue weighted by Gasteiger charge is -2.26. The molecule has 0 heterocycles. The summed E-state index contributed by atoms with van der Waals surface area (Å²) in [4.78, 5) is 25.1. The summed E-state index contributed by atoms with van der Waals surface area (Å²) in [5.41, 5.74) is 5.59. The van der Waals surface area contributed by atoms with Gasteiger partial charge >= 0.3 is 5.97 Å². The summed E-state index contributed by atoms with van der Waals surface area (Å²) in [6.45, 7) is 5.77. The predicted molar refractivity (Wildman–Crippen MR) is 73.9 cm³/mol. The van der Waals surface area contributed by atoms with Crippen molar-refractivity contribution in [1.29, 1.82) is 0 Å². The minimum absolute atomic E-state index is 0.0332. The average Bonchev–Trinajstić information content (AvgIpc) is 2.26. The minimum Gasteiger partial charge on any atom is -0.469 e. The molecule has 0 aromatic heterocycles. The van der Waals surface area contributed by atoms with E-state index in [9.17, 15) is 9.59 Å². The number of methoxy groups -OCH3 is 1. The molecule has 6 heteroatoms. The lowest BCUT2D eigenvalue weighted by atomic mass is 9.94. The number of carbonyl (C=O) groups is 2. The zero-order chi connectivity index (χ0) is 14.5. The standard InChI is InChI=1S/C12H22N2O3S/c1-7(2)9(10(13)18)11(15)14(4)6-8(3)12(16)17-5/h7-9H,6H2,1-5H3,(H2,13,18). The first-order chi connectivity index (χ1) is 8.22. The highest BCUT2D eigenvalue weighted by atomic mass is 32.1. The fraction of sp³-hybridized carbons (Fsp3) is 0.750. The number of nitrogens with zero attached hydrogens (tertiary/aromatic N) is 1. The van der Waals surface area contributed by atoms with Crippen molar-refractivity contribution < 1.29 is 14.3 Å². The first kappa shape index (κ1) is 16.8. The van der Waals surface area contributed by atoms with Crippen LogP contribution < -0.4 is 5.73 Å². The van der Waals surface area contributed by atoms with E-state index in [1.54, 1.807) is 14.0 Å². The molecule has 0 aliphatic carbocycles. The summed E-state index contributed by atoms with van der Waals surface area (Å²) in [5, 5.41) is 0. The molecule has 0 saturated carbocycles. The Hall–Kier alpha value is -1.17. The molecule has 0 rings (SSSR count). The molecule has 0 spiro atoms. The third-order valence-electron chi connectivity index (χ3n) is 2.77. The van der Waals surface area contributed by atoms with E-state index in [1.807, 2.05) is 13.8 Å². The summed E-state index contributed by atoms with van der Waals surface area (Å²) in [6, 6.07) is 0. The van der Waals surface area contributed by atoms with Gasteiger partial charge in [0.2, 0.25) is 5.91 Å². The van der Waals surface area contributed by atoms with Crippen LogP contribution in [0.5, 0.6) is 0 Å². The highest BCUT2D eigenvalue weighted by Gasteiger charge is 2.29. The molecule has 0 radical (unpaired) electrons. The molecule has 2 atom stereocenters. The Morgan fingerprint density at radius 3 is 2.17 bits per heavy atom. The molecule has 18 heavy (non-hydrogen) atoms. The number of ether oxygens (including phenoxy) is 1. The van der Waals surface area contributed by atoms with Crippen LogP contribution in [0.4, 0.5) is 0 Å². The highest BCUT2D eigenvalue weighted by Crippen LogP contribution is 2.15. The molecule has 104 valence electrons. The van der Waals surface area contributed by atoms with E-state index >= 15 is 0 Å². The van der Waals surface area contributed by atoms with Gasteiger partial charge in [-0.2, -0.15) is 0 Å². The van der Waals surface area contributed by atoms with E-state index in [0.29, 0.717) is 0 Å². The van der Waals surface area contributed by atoms with Gasteiger partial charge in [0, 0.05) is 13.6 Å². The first-order valence-corrected chi connectivity index (χ1v) is 6.25. The van der Waals surface area contributed by atoms with E-state index < -0.39 is 5.92 Å². The van der Waals surface area contributed by atoms with Crippen LogP contribution in [-0.4, -0.2) is 42.5 Å². The Balaban J connectivity index is 4.68. The van der Waals surface area contributed by atoms with Crippen LogP contribution in [0.1, 0.15) is 20.8 Å². The molecular formula is C12H22N2O3S. The van der Waals surface area contributed by atoms with Crippen LogP contribution in [0, 0.1) is 17.8 Å². The molecule has 2 unspecified atom stereocenters. The Labute approximate surface area is 114 Å². The van der Waals surface area contributed by atoms with Crippen LogP contribution in [0.2, 0.25) is 0 Å². The van der Waals surface area contributed by atoms with Gasteiger partial charge in [0.05, 0.1) is 23.9 Å². The molecule has 2 N–H and O–H groups in total. The molecule has 5 nitrogen and oxygen atoms in total. The Kier molecular flexibility index (Phi) is 6.83. The Morgan fingerprint density at radius 2 is 1.83 bits per heavy atom. The van der Waals surface area contributed by atoms with E-state index in [2.05, 4.69) is 4.74 Å². The predicted octanol–water partition coefficient (Wildman–Crippen LogP) is 0.812. The van der Waals surface area contributed by atoms with Gasteiger partial charge in [-0.15, -0.1) is 0 Å². The van der Waals surface area contributed by atoms with E-state index in [1.165, 1.54) is 12.0 Å². The molecule has 0 aliphatic heterocycles. The van der Waals surface area contributed by atoms with Crippen molar-refractivity contribution in [3.05, 3.63) is 0 Å². The van der Waals surface area contributed by atoms with Gasteiger partial charge in [-0.3, -0.25) is 9.59 Å². The molecule has 0 aromatic rings. The molecule has 0 aliphatic rings. The Bertz CT molecular complexity index is 331. The minimum atomic E-state index is -0.491. The van der Waals surface area contributed by atoms with Crippen LogP contribution in [-0.2, 0) is 14.3 Å². The largest absolute Gasteiger partial charge is 0.469 e. The number of amides is 1. The van der Waals surface area contributed by atoms with Gasteiger partial charge in [-0.1, -0.05) is 33.0 Å². The van der Waals surface area contributed by atoms with Crippen LogP contribution in [0.15, 0.2) is 0 Å². The zero-order valence-corrected chi connectivity index (χ0v) is 12.4. The number of rotatable bonds is 6. The summed E-state index contributed by atoms with van der Waals surface area (Å²) in [6.07, 6.45) is 0. The van der Waals surface area contributed by atoms with E-state index in [0.717, 1.165) is 0 Å². The monoisotopic (exact) mass is 274 g/mol. The fourth-order valence-electron chi connectivity index (χ4n) is 1.75. The summed E-state index contributed by atoms with van der Waals surface area (Å²) >= 11 is 4.92. The second-order valence-corrected chi connectivity index (χ2v) is 5.24. The van der Waals surface area contributed by atoms with Crippen molar-refractivity contribution in [3.63, 3.8) is 0 Å². The van der Waals surface area contributed by atoms with Crippen LogP contribution >= 0.6 is 12.2 Å². The normalized spacial score (nSPS) is 13.9. The lowest BCUT2D eigenvalue weighted by Crippen LogP contribution is -2.44. The van der Waals surface area contributed by atoms with Gasteiger partial charge in [-0.25, -0.2) is 0 Å². The van der Waals surface area contributed by atoms with Crippen LogP contribution in [0.25, 0.3) is 0 Å². The maximum Gasteiger partial charge on any atom is 0.310 e. The molecule has 0 fully saturated rings. The van der Waals surface area contributed by atoms with Gasteiger partial charge < -0.3 is 15.4 Å². The number of esters is 1. The van der Waals surface area contributed by atoms with Crippen molar-refractivity contribution in [3.8, 4) is 0 Å². The number of thiocarbonyl (C=S) groups is 1. The SMILES string of the molecule is COC(=O)C(C)CN(C)C(=O)C(C(N)=S)C(C)C. The molecular weight excluding hydrogens is 252 g/mol. The topological polar surface area (TPSA) is 72.6 Å². The van der Waals surface area contributed by atoms with Gasteiger partial charge in [0.15, 0.2) is 0 Å². The molecule has 0 aromatic carbocycles. The lowest BCUT2D eigenvalue weighted by molar-refractivity contribution is -0.146. The van der Waals surface area contributed by atoms with Gasteiger partial charge in [-0.05, 0) is 5.92 Å². The third kappa shape index (κ3) is 4.60. The van der Waals surface area contributed by atoms with Crippen LogP contribution in [0.3, 0.4) is 0 Å². The highest BCUT2D eigenvalue weighted by molar-refractivity contribution is 7.80. The average molecular weight is 274 g/mol. The maximum atomic E-state index is 12.2. The number of nitrogens with two attached hydrogens (primary N) is 1. The summed E-state index contributed by atoms with van der Waals surface area (Å²) in [5.74, 6) is -1.33. The first-order valence-electron chi connectivity index (χ1n) is 5.84. The second-order valence-electron chi connectivity index (χ2n) is 4.77. The molecule has 0 saturated heterocycles. The number of hydrogen-bond donors (Lipinski definition) is 1. The zero-order valence-electron chi connectivity index (χ0n) is 11.6. The van der Waals surface area contributed by atoms with Gasteiger partial charge in [0.1, 0.15) is 0 Å². The molecule has 0 bridgehead atoms. The second kappa shape index (κ2) is 7.31. The summed E-state index contributed by atoms with van der Waals surface area (Å²) < 4.78 is 4.62. The molecule has 1 amide bonds. The fourth-order valence-corrected chi connectivity index (χ4v) is 2.12. The number of carbonyl (C=O) groups excluding carboxylic acids is 2. The quantitative estimate of drug-likeness (QED) is 0.573. The van der Waals surface area contributed by atoms with Crippen molar-refractivity contribution in [2.75, 3.05) is 20.7 Å². The van der Waals surface area contributed by atoms with Crippen molar-refractivity contribution in [2.45, 2.75) is 20.8 Å². The maximum absolute atomic E-state index is 12.2. The Morgan fingerprint density at radius 1 is 1.33 bits per heavy atom. The van der Waals surface area contributed by atoms with Crippen molar-refractivity contribution in [2.24, 2.45) is 23.5 Å².